The lowest BCUT2D eigenvalue weighted by molar-refractivity contribution is -0.354. The highest BCUT2D eigenvalue weighted by molar-refractivity contribution is 7.97. The summed E-state index contributed by atoms with van der Waals surface area (Å²) in [6.07, 6.45) is 3.68. The van der Waals surface area contributed by atoms with Crippen LogP contribution in [0.5, 0.6) is 0 Å². The monoisotopic (exact) mass is 340 g/mol. The molecule has 120 valence electrons. The Hall–Kier alpha value is -3.13. The number of para-hydroxylation sites is 1. The molecule has 0 bridgehead atoms. The number of hydrogen-bond donors (Lipinski definition) is 2. The molecule has 1 heterocycles. The van der Waals surface area contributed by atoms with E-state index in [0.29, 0.717) is 11.3 Å². The maximum absolute atomic E-state index is 12.3. The first-order chi connectivity index (χ1) is 11.6. The predicted octanol–water partition coefficient (Wildman–Crippen LogP) is 2.96. The van der Waals surface area contributed by atoms with Gasteiger partial charge in [-0.2, -0.15) is 0 Å². The van der Waals surface area contributed by atoms with Gasteiger partial charge < -0.3 is 14.8 Å². The van der Waals surface area contributed by atoms with E-state index in [1.807, 2.05) is 6.08 Å². The molecular weight excluding hydrogens is 328 g/mol. The van der Waals surface area contributed by atoms with Crippen LogP contribution < -0.4 is 10.0 Å². The van der Waals surface area contributed by atoms with Gasteiger partial charge >= 0.3 is 11.9 Å². The normalized spacial score (nSPS) is 12.9. The van der Waals surface area contributed by atoms with E-state index >= 15 is 0 Å². The van der Waals surface area contributed by atoms with E-state index in [1.54, 1.807) is 54.7 Å². The van der Waals surface area contributed by atoms with Crippen LogP contribution in [0.2, 0.25) is 0 Å². The Morgan fingerprint density at radius 1 is 1.21 bits per heavy atom. The average Bonchev–Trinajstić information content (AvgIpc) is 2.61. The third kappa shape index (κ3) is 3.61. The van der Waals surface area contributed by atoms with Crippen molar-refractivity contribution >= 4 is 35.6 Å². The second-order valence-corrected chi connectivity index (χ2v) is 5.67. The lowest BCUT2D eigenvalue weighted by atomic mass is 10.1. The smallest absolute Gasteiger partial charge is 0.390 e. The van der Waals surface area contributed by atoms with Gasteiger partial charge in [-0.25, -0.2) is 5.32 Å². The minimum absolute atomic E-state index is 0.320. The molecular formula is C16H12N4O3S. The number of nitro groups is 1. The number of nitrogens with zero attached hydrogens (tertiary/aromatic N) is 2. The third-order valence-electron chi connectivity index (χ3n) is 3.17. The molecule has 7 nitrogen and oxygen atoms in total. The van der Waals surface area contributed by atoms with Gasteiger partial charge in [0.25, 0.3) is 0 Å². The molecule has 1 amide bonds. The highest BCUT2D eigenvalue weighted by Crippen LogP contribution is 2.26. The van der Waals surface area contributed by atoms with Gasteiger partial charge in [0, 0.05) is 11.1 Å². The summed E-state index contributed by atoms with van der Waals surface area (Å²) < 4.78 is 2.97. The van der Waals surface area contributed by atoms with Crippen molar-refractivity contribution < 1.29 is 9.72 Å². The van der Waals surface area contributed by atoms with E-state index in [2.05, 4.69) is 15.0 Å². The van der Waals surface area contributed by atoms with Crippen LogP contribution in [-0.2, 0) is 0 Å². The van der Waals surface area contributed by atoms with Gasteiger partial charge in [-0.05, 0) is 52.8 Å². The van der Waals surface area contributed by atoms with Gasteiger partial charge in [-0.1, -0.05) is 29.3 Å². The summed E-state index contributed by atoms with van der Waals surface area (Å²) in [5.74, 6) is -1.20. The van der Waals surface area contributed by atoms with Crippen molar-refractivity contribution in [3.8, 4) is 0 Å². The summed E-state index contributed by atoms with van der Waals surface area (Å²) >= 11 is 1.37. The maximum Gasteiger partial charge on any atom is 0.435 e. The number of guanidine groups is 1. The fourth-order valence-electron chi connectivity index (χ4n) is 2.04. The molecule has 24 heavy (non-hydrogen) atoms. The molecule has 0 fully saturated rings. The average molecular weight is 340 g/mol. The number of carbonyl (C=O) groups excluding carboxylic acids is 1. The summed E-state index contributed by atoms with van der Waals surface area (Å²) in [5.41, 5.74) is 1.68. The van der Waals surface area contributed by atoms with Crippen LogP contribution in [0.1, 0.15) is 15.9 Å². The number of carbonyl (C=O) groups is 1. The third-order valence-corrected chi connectivity index (χ3v) is 3.99. The number of benzene rings is 2. The molecule has 0 spiro atoms. The maximum atomic E-state index is 12.3. The Morgan fingerprint density at radius 3 is 2.75 bits per heavy atom. The lowest BCUT2D eigenvalue weighted by Crippen LogP contribution is -2.35. The van der Waals surface area contributed by atoms with Crippen molar-refractivity contribution in [1.82, 2.24) is 10.0 Å². The lowest BCUT2D eigenvalue weighted by Gasteiger charge is -2.11. The van der Waals surface area contributed by atoms with E-state index in [-0.39, 0.29) is 0 Å². The number of fused-ring (bicyclic) bond motifs is 1. The first kappa shape index (κ1) is 15.8. The zero-order valence-electron chi connectivity index (χ0n) is 12.3. The zero-order chi connectivity index (χ0) is 16.9. The highest BCUT2D eigenvalue weighted by atomic mass is 32.2. The van der Waals surface area contributed by atoms with E-state index in [9.17, 15) is 14.9 Å². The van der Waals surface area contributed by atoms with Crippen molar-refractivity contribution in [2.24, 2.45) is 4.99 Å². The number of aliphatic imine (C=N–C) groups is 1. The van der Waals surface area contributed by atoms with Crippen molar-refractivity contribution in [3.05, 3.63) is 76.0 Å². The van der Waals surface area contributed by atoms with Crippen LogP contribution in [0.25, 0.3) is 6.08 Å². The van der Waals surface area contributed by atoms with E-state index in [0.717, 1.165) is 10.5 Å². The Kier molecular flexibility index (Phi) is 4.57. The standard InChI is InChI=1S/C16H12N4O3S/c21-15(12-7-6-11-8-9-17-24-14(11)10-12)19-16(20(22)23)18-13-4-2-1-3-5-13/h1-10,17H,(H,18,19,21). The Bertz CT molecular complexity index is 850. The minimum atomic E-state index is -0.720. The Morgan fingerprint density at radius 2 is 2.00 bits per heavy atom. The number of nitrogens with one attached hydrogen (secondary N) is 2. The molecule has 1 aliphatic heterocycles. The number of hydrogen-bond acceptors (Lipinski definition) is 6. The van der Waals surface area contributed by atoms with Crippen LogP contribution >= 0.6 is 11.9 Å². The van der Waals surface area contributed by atoms with Crippen molar-refractivity contribution in [2.45, 2.75) is 4.90 Å². The minimum Gasteiger partial charge on any atom is -0.390 e. The van der Waals surface area contributed by atoms with E-state index < -0.39 is 16.8 Å². The van der Waals surface area contributed by atoms with E-state index in [4.69, 9.17) is 0 Å². The van der Waals surface area contributed by atoms with Gasteiger partial charge in [-0.3, -0.25) is 4.79 Å². The predicted molar refractivity (Wildman–Crippen MR) is 92.5 cm³/mol. The summed E-state index contributed by atoms with van der Waals surface area (Å²) in [7, 11) is 0. The van der Waals surface area contributed by atoms with Gasteiger partial charge in [0.2, 0.25) is 0 Å². The van der Waals surface area contributed by atoms with Gasteiger partial charge in [-0.15, -0.1) is 0 Å². The van der Waals surface area contributed by atoms with Crippen molar-refractivity contribution in [1.29, 1.82) is 0 Å². The molecule has 0 saturated heterocycles. The summed E-state index contributed by atoms with van der Waals surface area (Å²) in [6.45, 7) is 0. The van der Waals surface area contributed by atoms with Crippen molar-refractivity contribution in [3.63, 3.8) is 0 Å². The Labute approximate surface area is 141 Å². The number of amides is 1. The molecule has 0 aromatic heterocycles. The number of rotatable bonds is 2. The van der Waals surface area contributed by atoms with Crippen molar-refractivity contribution in [2.75, 3.05) is 0 Å². The molecule has 0 unspecified atom stereocenters. The molecule has 2 aromatic rings. The first-order valence-electron chi connectivity index (χ1n) is 6.96. The molecule has 0 radical (unpaired) electrons. The molecule has 0 saturated carbocycles. The fourth-order valence-corrected chi connectivity index (χ4v) is 2.74. The zero-order valence-corrected chi connectivity index (χ0v) is 13.1. The van der Waals surface area contributed by atoms with Gasteiger partial charge in [0.05, 0.1) is 5.56 Å². The Balaban J connectivity index is 1.83. The molecule has 3 rings (SSSR count). The SMILES string of the molecule is O=C(NC(=Nc1ccccc1)[N+](=O)[O-])c1ccc2c(c1)SNC=C2. The van der Waals surface area contributed by atoms with Crippen LogP contribution in [0.4, 0.5) is 5.69 Å². The van der Waals surface area contributed by atoms with E-state index in [1.165, 1.54) is 11.9 Å². The largest absolute Gasteiger partial charge is 0.435 e. The second-order valence-electron chi connectivity index (χ2n) is 4.79. The molecule has 8 heteroatoms. The van der Waals surface area contributed by atoms with Gasteiger partial charge in [0.15, 0.2) is 0 Å². The fraction of sp³-hybridized carbons (Fsp3) is 0. The van der Waals surface area contributed by atoms with Crippen LogP contribution in [0.3, 0.4) is 0 Å². The second kappa shape index (κ2) is 6.97. The van der Waals surface area contributed by atoms with Gasteiger partial charge in [0.1, 0.15) is 5.69 Å². The topological polar surface area (TPSA) is 96.6 Å². The molecule has 2 N–H and O–H groups in total. The molecule has 0 atom stereocenters. The quantitative estimate of drug-likeness (QED) is 0.288. The van der Waals surface area contributed by atoms with Crippen LogP contribution in [-0.4, -0.2) is 16.8 Å². The molecule has 0 aliphatic carbocycles. The van der Waals surface area contributed by atoms with Crippen LogP contribution in [0.15, 0.2) is 64.6 Å². The highest BCUT2D eigenvalue weighted by Gasteiger charge is 2.20. The summed E-state index contributed by atoms with van der Waals surface area (Å²) in [6, 6.07) is 13.5. The molecule has 1 aliphatic rings. The van der Waals surface area contributed by atoms with Crippen LogP contribution in [0, 0.1) is 10.1 Å². The first-order valence-corrected chi connectivity index (χ1v) is 7.77. The summed E-state index contributed by atoms with van der Waals surface area (Å²) in [4.78, 5) is 27.4. The molecule has 2 aromatic carbocycles. The summed E-state index contributed by atoms with van der Waals surface area (Å²) in [5, 5.41) is 13.4.